The molecule has 3 heterocycles. The van der Waals surface area contributed by atoms with E-state index in [1.54, 1.807) is 24.5 Å². The Bertz CT molecular complexity index is 1870. The molecule has 0 aliphatic carbocycles. The van der Waals surface area contributed by atoms with Crippen LogP contribution in [0.2, 0.25) is 0 Å². The standard InChI is InChI=1S/C34H33FN6O4/c1-2-40-22-37-18-26(40)19-41-31-16-25(34(42)43)7-8-30(31)38-33(41)20-39-12-10-27(11-13-39)45-28-5-3-4-24(14-28)21-44-32-9-6-23(17-36)15-29(32)35/h3-9,14-16,18,22,27H,2,10-13,19-21H2,1H3,(H,42,43). The van der Waals surface area contributed by atoms with E-state index in [1.165, 1.54) is 12.1 Å². The van der Waals surface area contributed by atoms with Gasteiger partial charge in [-0.1, -0.05) is 12.1 Å². The van der Waals surface area contributed by atoms with Crippen LogP contribution in [-0.4, -0.2) is 54.3 Å². The molecule has 0 amide bonds. The molecule has 0 bridgehead atoms. The number of aromatic carboxylic acids is 1. The highest BCUT2D eigenvalue weighted by Crippen LogP contribution is 2.25. The highest BCUT2D eigenvalue weighted by Gasteiger charge is 2.23. The first-order chi connectivity index (χ1) is 21.9. The number of imidazole rings is 2. The number of fused-ring (bicyclic) bond motifs is 1. The lowest BCUT2D eigenvalue weighted by Gasteiger charge is -2.32. The number of nitrogens with zero attached hydrogens (tertiary/aromatic N) is 6. The molecule has 0 atom stereocenters. The maximum Gasteiger partial charge on any atom is 0.335 e. The van der Waals surface area contributed by atoms with Crippen LogP contribution >= 0.6 is 0 Å². The van der Waals surface area contributed by atoms with Gasteiger partial charge in [-0.15, -0.1) is 0 Å². The fourth-order valence-electron chi connectivity index (χ4n) is 5.66. The summed E-state index contributed by atoms with van der Waals surface area (Å²) in [6.45, 7) is 5.84. The summed E-state index contributed by atoms with van der Waals surface area (Å²) in [5.74, 6) is 0.173. The number of carbonyl (C=O) groups is 1. The van der Waals surface area contributed by atoms with Crippen molar-refractivity contribution in [2.75, 3.05) is 13.1 Å². The third-order valence-electron chi connectivity index (χ3n) is 8.09. The lowest BCUT2D eigenvalue weighted by Crippen LogP contribution is -2.38. The molecule has 0 unspecified atom stereocenters. The van der Waals surface area contributed by atoms with Crippen LogP contribution in [0.1, 0.15) is 52.8 Å². The van der Waals surface area contributed by atoms with Crippen molar-refractivity contribution in [1.29, 1.82) is 5.26 Å². The van der Waals surface area contributed by atoms with Crippen LogP contribution in [0.5, 0.6) is 11.5 Å². The van der Waals surface area contributed by atoms with Gasteiger partial charge in [0.2, 0.25) is 0 Å². The lowest BCUT2D eigenvalue weighted by molar-refractivity contribution is 0.0697. The van der Waals surface area contributed by atoms with Crippen molar-refractivity contribution in [3.05, 3.63) is 107 Å². The number of hydrogen-bond donors (Lipinski definition) is 1. The number of aryl methyl sites for hydroxylation is 1. The second kappa shape index (κ2) is 13.2. The molecule has 0 radical (unpaired) electrons. The molecule has 1 fully saturated rings. The zero-order valence-electron chi connectivity index (χ0n) is 24.9. The van der Waals surface area contributed by atoms with E-state index >= 15 is 0 Å². The summed E-state index contributed by atoms with van der Waals surface area (Å²) in [6.07, 6.45) is 5.37. The van der Waals surface area contributed by atoms with E-state index in [4.69, 9.17) is 19.7 Å². The number of likely N-dealkylation sites (tertiary alicyclic amines) is 1. The van der Waals surface area contributed by atoms with Gasteiger partial charge < -0.3 is 23.7 Å². The number of benzene rings is 3. The van der Waals surface area contributed by atoms with Crippen LogP contribution in [0.3, 0.4) is 0 Å². The molecular formula is C34H33FN6O4. The molecule has 6 rings (SSSR count). The molecule has 45 heavy (non-hydrogen) atoms. The van der Waals surface area contributed by atoms with Gasteiger partial charge in [-0.2, -0.15) is 5.26 Å². The summed E-state index contributed by atoms with van der Waals surface area (Å²) >= 11 is 0. The third kappa shape index (κ3) is 6.81. The van der Waals surface area contributed by atoms with Gasteiger partial charge in [-0.3, -0.25) is 4.90 Å². The summed E-state index contributed by atoms with van der Waals surface area (Å²) in [5.41, 5.74) is 3.91. The average molecular weight is 609 g/mol. The van der Waals surface area contributed by atoms with Crippen LogP contribution in [0, 0.1) is 17.1 Å². The van der Waals surface area contributed by atoms with Crippen LogP contribution in [0.25, 0.3) is 11.0 Å². The molecule has 0 spiro atoms. The summed E-state index contributed by atoms with van der Waals surface area (Å²) < 4.78 is 30.3. The van der Waals surface area contributed by atoms with Crippen molar-refractivity contribution >= 4 is 17.0 Å². The second-order valence-corrected chi connectivity index (χ2v) is 11.1. The largest absolute Gasteiger partial charge is 0.490 e. The van der Waals surface area contributed by atoms with Crippen molar-refractivity contribution in [2.24, 2.45) is 0 Å². The van der Waals surface area contributed by atoms with E-state index < -0.39 is 11.8 Å². The Morgan fingerprint density at radius 2 is 1.96 bits per heavy atom. The molecular weight excluding hydrogens is 575 g/mol. The van der Waals surface area contributed by atoms with Gasteiger partial charge in [0, 0.05) is 25.8 Å². The zero-order chi connectivity index (χ0) is 31.3. The number of ether oxygens (including phenoxy) is 2. The predicted molar refractivity (Wildman–Crippen MR) is 165 cm³/mol. The number of hydrogen-bond acceptors (Lipinski definition) is 7. The van der Waals surface area contributed by atoms with E-state index in [0.717, 1.165) is 72.4 Å². The molecule has 5 aromatic rings. The first-order valence-corrected chi connectivity index (χ1v) is 14.9. The number of piperidine rings is 1. The first-order valence-electron chi connectivity index (χ1n) is 14.9. The van der Waals surface area contributed by atoms with Crippen molar-refractivity contribution in [3.8, 4) is 17.6 Å². The third-order valence-corrected chi connectivity index (χ3v) is 8.09. The first kappa shape index (κ1) is 29.8. The topological polar surface area (TPSA) is 118 Å². The van der Waals surface area contributed by atoms with E-state index in [2.05, 4.69) is 25.9 Å². The lowest BCUT2D eigenvalue weighted by atomic mass is 10.1. The number of halogens is 1. The van der Waals surface area contributed by atoms with E-state index in [0.29, 0.717) is 13.1 Å². The molecule has 3 aromatic carbocycles. The molecule has 1 N–H and O–H groups in total. The fraction of sp³-hybridized carbons (Fsp3) is 0.294. The van der Waals surface area contributed by atoms with Gasteiger partial charge in [-0.25, -0.2) is 19.2 Å². The Kier molecular flexibility index (Phi) is 8.75. The summed E-state index contributed by atoms with van der Waals surface area (Å²) in [5, 5.41) is 18.5. The van der Waals surface area contributed by atoms with Crippen molar-refractivity contribution in [3.63, 3.8) is 0 Å². The second-order valence-electron chi connectivity index (χ2n) is 11.1. The number of nitriles is 1. The van der Waals surface area contributed by atoms with Gasteiger partial charge in [0.25, 0.3) is 0 Å². The molecule has 0 saturated carbocycles. The van der Waals surface area contributed by atoms with Crippen LogP contribution in [-0.2, 0) is 26.2 Å². The van der Waals surface area contributed by atoms with Gasteiger partial charge in [0.15, 0.2) is 11.6 Å². The highest BCUT2D eigenvalue weighted by molar-refractivity contribution is 5.92. The van der Waals surface area contributed by atoms with Crippen molar-refractivity contribution < 1.29 is 23.8 Å². The average Bonchev–Trinajstić information content (AvgIpc) is 3.65. The Balaban J connectivity index is 1.09. The molecule has 10 nitrogen and oxygen atoms in total. The van der Waals surface area contributed by atoms with Crippen LogP contribution < -0.4 is 9.47 Å². The van der Waals surface area contributed by atoms with Gasteiger partial charge >= 0.3 is 5.97 Å². The van der Waals surface area contributed by atoms with E-state index in [9.17, 15) is 14.3 Å². The molecule has 1 saturated heterocycles. The zero-order valence-corrected chi connectivity index (χ0v) is 24.9. The normalized spacial score (nSPS) is 14.0. The van der Waals surface area contributed by atoms with Gasteiger partial charge in [0.05, 0.1) is 53.3 Å². The SMILES string of the molecule is CCn1cncc1Cn1c(CN2CCC(Oc3cccc(COc4ccc(C#N)cc4F)c3)CC2)nc2ccc(C(=O)O)cc21. The van der Waals surface area contributed by atoms with Crippen molar-refractivity contribution in [1.82, 2.24) is 24.0 Å². The number of aromatic nitrogens is 4. The maximum absolute atomic E-state index is 14.2. The fourth-order valence-corrected chi connectivity index (χ4v) is 5.66. The minimum absolute atomic E-state index is 0.0456. The Morgan fingerprint density at radius 1 is 1.11 bits per heavy atom. The van der Waals surface area contributed by atoms with Crippen molar-refractivity contribution in [2.45, 2.75) is 52.1 Å². The summed E-state index contributed by atoms with van der Waals surface area (Å²) in [4.78, 5) is 23.3. The highest BCUT2D eigenvalue weighted by atomic mass is 19.1. The number of carboxylic acid groups (broad SMARTS) is 1. The predicted octanol–water partition coefficient (Wildman–Crippen LogP) is 5.63. The Morgan fingerprint density at radius 3 is 2.71 bits per heavy atom. The van der Waals surface area contributed by atoms with Crippen LogP contribution in [0.4, 0.5) is 4.39 Å². The van der Waals surface area contributed by atoms with Gasteiger partial charge in [0.1, 0.15) is 24.3 Å². The minimum atomic E-state index is -0.967. The van der Waals surface area contributed by atoms with E-state index in [-0.39, 0.29) is 29.6 Å². The number of rotatable bonds is 11. The maximum atomic E-state index is 14.2. The molecule has 1 aliphatic heterocycles. The Hall–Kier alpha value is -5.21. The monoisotopic (exact) mass is 608 g/mol. The molecule has 11 heteroatoms. The number of carboxylic acids is 1. The Labute approximate surface area is 259 Å². The summed E-state index contributed by atoms with van der Waals surface area (Å²) in [7, 11) is 0. The quantitative estimate of drug-likeness (QED) is 0.205. The van der Waals surface area contributed by atoms with Crippen LogP contribution in [0.15, 0.2) is 73.2 Å². The smallest absolute Gasteiger partial charge is 0.335 e. The molecule has 2 aromatic heterocycles. The molecule has 230 valence electrons. The molecule has 1 aliphatic rings. The summed E-state index contributed by atoms with van der Waals surface area (Å²) in [6, 6.07) is 18.7. The van der Waals surface area contributed by atoms with Gasteiger partial charge in [-0.05, 0) is 73.9 Å². The van der Waals surface area contributed by atoms with E-state index in [1.807, 2.05) is 36.5 Å². The minimum Gasteiger partial charge on any atom is -0.490 e.